The van der Waals surface area contributed by atoms with Crippen molar-refractivity contribution in [2.75, 3.05) is 6.54 Å². The first-order valence-electron chi connectivity index (χ1n) is 6.67. The quantitative estimate of drug-likeness (QED) is 0.774. The molecule has 0 saturated carbocycles. The Kier molecular flexibility index (Phi) is 4.73. The number of nitrogens with zero attached hydrogens (tertiary/aromatic N) is 1. The molecule has 2 atom stereocenters. The molecule has 1 heterocycles. The lowest BCUT2D eigenvalue weighted by atomic mass is 9.89. The highest BCUT2D eigenvalue weighted by atomic mass is 16.4. The molecule has 1 amide bonds. The normalized spacial score (nSPS) is 25.5. The molecule has 3 N–H and O–H groups in total. The minimum absolute atomic E-state index is 0.0196. The first-order valence-corrected chi connectivity index (χ1v) is 6.67. The SMILES string of the molecule is CCCC1(C(=O)O)CCCN1C(=O)[C@@H](N)C(C)C. The lowest BCUT2D eigenvalue weighted by Gasteiger charge is -2.36. The second-order valence-electron chi connectivity index (χ2n) is 5.45. The fourth-order valence-corrected chi connectivity index (χ4v) is 2.67. The molecule has 0 bridgehead atoms. The van der Waals surface area contributed by atoms with Crippen LogP contribution < -0.4 is 5.73 Å². The molecular formula is C13H24N2O3. The number of rotatable bonds is 5. The largest absolute Gasteiger partial charge is 0.479 e. The van der Waals surface area contributed by atoms with E-state index in [2.05, 4.69) is 0 Å². The van der Waals surface area contributed by atoms with E-state index in [0.29, 0.717) is 19.4 Å². The third kappa shape index (κ3) is 2.51. The Morgan fingerprint density at radius 1 is 1.44 bits per heavy atom. The number of likely N-dealkylation sites (tertiary alicyclic amines) is 1. The highest BCUT2D eigenvalue weighted by molar-refractivity contribution is 5.90. The molecule has 18 heavy (non-hydrogen) atoms. The molecule has 0 radical (unpaired) electrons. The van der Waals surface area contributed by atoms with Gasteiger partial charge in [-0.1, -0.05) is 27.2 Å². The van der Waals surface area contributed by atoms with E-state index in [0.717, 1.165) is 12.8 Å². The van der Waals surface area contributed by atoms with Gasteiger partial charge in [0.05, 0.1) is 6.04 Å². The number of carbonyl (C=O) groups excluding carboxylic acids is 1. The molecule has 0 aromatic heterocycles. The number of amides is 1. The average Bonchev–Trinajstić information content (AvgIpc) is 2.72. The van der Waals surface area contributed by atoms with Gasteiger partial charge in [0.25, 0.3) is 0 Å². The maximum absolute atomic E-state index is 12.3. The third-order valence-corrected chi connectivity index (χ3v) is 3.82. The number of aliphatic carboxylic acids is 1. The monoisotopic (exact) mass is 256 g/mol. The van der Waals surface area contributed by atoms with E-state index >= 15 is 0 Å². The Bertz CT molecular complexity index is 330. The van der Waals surface area contributed by atoms with Crippen molar-refractivity contribution < 1.29 is 14.7 Å². The van der Waals surface area contributed by atoms with Gasteiger partial charge in [0, 0.05) is 6.54 Å². The van der Waals surface area contributed by atoms with Crippen molar-refractivity contribution in [1.29, 1.82) is 0 Å². The predicted octanol–water partition coefficient (Wildman–Crippen LogP) is 1.22. The second kappa shape index (κ2) is 5.69. The molecule has 5 nitrogen and oxygen atoms in total. The van der Waals surface area contributed by atoms with Gasteiger partial charge in [-0.25, -0.2) is 4.79 Å². The fraction of sp³-hybridized carbons (Fsp3) is 0.846. The highest BCUT2D eigenvalue weighted by Gasteiger charge is 2.50. The molecular weight excluding hydrogens is 232 g/mol. The fourth-order valence-electron chi connectivity index (χ4n) is 2.67. The van der Waals surface area contributed by atoms with Crippen molar-refractivity contribution in [3.8, 4) is 0 Å². The van der Waals surface area contributed by atoms with Gasteiger partial charge < -0.3 is 15.7 Å². The molecule has 0 aliphatic carbocycles. The highest BCUT2D eigenvalue weighted by Crippen LogP contribution is 2.34. The Balaban J connectivity index is 2.98. The summed E-state index contributed by atoms with van der Waals surface area (Å²) in [7, 11) is 0. The molecule has 1 fully saturated rings. The summed E-state index contributed by atoms with van der Waals surface area (Å²) in [6.07, 6.45) is 2.52. The minimum atomic E-state index is -1.03. The van der Waals surface area contributed by atoms with E-state index < -0.39 is 17.6 Å². The van der Waals surface area contributed by atoms with Gasteiger partial charge in [-0.3, -0.25) is 4.79 Å². The van der Waals surface area contributed by atoms with Crippen molar-refractivity contribution >= 4 is 11.9 Å². The lowest BCUT2D eigenvalue weighted by molar-refractivity contribution is -0.158. The maximum atomic E-state index is 12.3. The van der Waals surface area contributed by atoms with Gasteiger partial charge in [-0.2, -0.15) is 0 Å². The first-order chi connectivity index (χ1) is 8.36. The van der Waals surface area contributed by atoms with Crippen LogP contribution in [0, 0.1) is 5.92 Å². The summed E-state index contributed by atoms with van der Waals surface area (Å²) >= 11 is 0. The van der Waals surface area contributed by atoms with Crippen molar-refractivity contribution in [3.63, 3.8) is 0 Å². The van der Waals surface area contributed by atoms with E-state index in [4.69, 9.17) is 5.73 Å². The topological polar surface area (TPSA) is 83.6 Å². The number of nitrogens with two attached hydrogens (primary N) is 1. The Morgan fingerprint density at radius 3 is 2.50 bits per heavy atom. The molecule has 0 aromatic rings. The predicted molar refractivity (Wildman–Crippen MR) is 69.0 cm³/mol. The van der Waals surface area contributed by atoms with Crippen molar-refractivity contribution in [2.45, 2.75) is 58.0 Å². The zero-order chi connectivity index (χ0) is 13.9. The maximum Gasteiger partial charge on any atom is 0.329 e. The molecule has 5 heteroatoms. The number of carboxylic acid groups (broad SMARTS) is 1. The first kappa shape index (κ1) is 15.0. The molecule has 1 rings (SSSR count). The molecule has 0 spiro atoms. The zero-order valence-corrected chi connectivity index (χ0v) is 11.5. The Labute approximate surface area is 108 Å². The summed E-state index contributed by atoms with van der Waals surface area (Å²) in [5, 5.41) is 9.50. The molecule has 1 unspecified atom stereocenters. The van der Waals surface area contributed by atoms with E-state index in [1.54, 1.807) is 0 Å². The van der Waals surface area contributed by atoms with E-state index in [1.165, 1.54) is 4.90 Å². The summed E-state index contributed by atoms with van der Waals surface area (Å²) in [4.78, 5) is 25.4. The van der Waals surface area contributed by atoms with Gasteiger partial charge in [0.2, 0.25) is 5.91 Å². The van der Waals surface area contributed by atoms with Gasteiger partial charge in [0.15, 0.2) is 0 Å². The summed E-state index contributed by atoms with van der Waals surface area (Å²) in [5.41, 5.74) is 4.84. The Hall–Kier alpha value is -1.10. The van der Waals surface area contributed by atoms with Gasteiger partial charge in [-0.05, 0) is 25.2 Å². The molecule has 1 saturated heterocycles. The molecule has 1 aliphatic rings. The number of carbonyl (C=O) groups is 2. The van der Waals surface area contributed by atoms with Gasteiger partial charge >= 0.3 is 5.97 Å². The van der Waals surface area contributed by atoms with Crippen molar-refractivity contribution in [3.05, 3.63) is 0 Å². The van der Waals surface area contributed by atoms with Crippen molar-refractivity contribution in [1.82, 2.24) is 4.90 Å². The van der Waals surface area contributed by atoms with E-state index in [1.807, 2.05) is 20.8 Å². The summed E-state index contributed by atoms with van der Waals surface area (Å²) in [5.74, 6) is -1.10. The van der Waals surface area contributed by atoms with Crippen LogP contribution in [0.5, 0.6) is 0 Å². The number of hydrogen-bond acceptors (Lipinski definition) is 3. The number of carboxylic acids is 1. The van der Waals surface area contributed by atoms with Crippen LogP contribution in [0.2, 0.25) is 0 Å². The summed E-state index contributed by atoms with van der Waals surface area (Å²) in [6, 6.07) is -0.612. The van der Waals surface area contributed by atoms with E-state index in [-0.39, 0.29) is 11.8 Å². The van der Waals surface area contributed by atoms with Crippen molar-refractivity contribution in [2.24, 2.45) is 11.7 Å². The van der Waals surface area contributed by atoms with Crippen LogP contribution in [-0.4, -0.2) is 40.0 Å². The zero-order valence-electron chi connectivity index (χ0n) is 11.5. The van der Waals surface area contributed by atoms with Crippen LogP contribution in [0.25, 0.3) is 0 Å². The van der Waals surface area contributed by atoms with Crippen LogP contribution in [0.4, 0.5) is 0 Å². The average molecular weight is 256 g/mol. The third-order valence-electron chi connectivity index (χ3n) is 3.82. The molecule has 104 valence electrons. The van der Waals surface area contributed by atoms with Crippen LogP contribution >= 0.6 is 0 Å². The van der Waals surface area contributed by atoms with E-state index in [9.17, 15) is 14.7 Å². The van der Waals surface area contributed by atoms with Crippen LogP contribution in [0.3, 0.4) is 0 Å². The smallest absolute Gasteiger partial charge is 0.329 e. The molecule has 1 aliphatic heterocycles. The minimum Gasteiger partial charge on any atom is -0.479 e. The molecule has 0 aromatic carbocycles. The summed E-state index contributed by atoms with van der Waals surface area (Å²) < 4.78 is 0. The summed E-state index contributed by atoms with van der Waals surface area (Å²) in [6.45, 7) is 6.20. The van der Waals surface area contributed by atoms with Gasteiger partial charge in [-0.15, -0.1) is 0 Å². The second-order valence-corrected chi connectivity index (χ2v) is 5.45. The Morgan fingerprint density at radius 2 is 2.06 bits per heavy atom. The van der Waals surface area contributed by atoms with Crippen LogP contribution in [0.15, 0.2) is 0 Å². The lowest BCUT2D eigenvalue weighted by Crippen LogP contribution is -2.58. The van der Waals surface area contributed by atoms with Gasteiger partial charge in [0.1, 0.15) is 5.54 Å². The van der Waals surface area contributed by atoms with Crippen LogP contribution in [0.1, 0.15) is 46.5 Å². The number of hydrogen-bond donors (Lipinski definition) is 2. The standard InChI is InChI=1S/C13H24N2O3/c1-4-6-13(12(17)18)7-5-8-15(13)11(16)10(14)9(2)3/h9-10H,4-8,14H2,1-3H3,(H,17,18)/t10-,13?/m0/s1. The van der Waals surface area contributed by atoms with Crippen LogP contribution in [-0.2, 0) is 9.59 Å².